The van der Waals surface area contributed by atoms with E-state index in [0.29, 0.717) is 13.2 Å². The molecular formula is C8H16O4. The van der Waals surface area contributed by atoms with Crippen LogP contribution in [0.15, 0.2) is 0 Å². The molecule has 1 saturated heterocycles. The van der Waals surface area contributed by atoms with E-state index in [-0.39, 0.29) is 12.0 Å². The maximum absolute atomic E-state index is 9.10. The molecule has 12 heavy (non-hydrogen) atoms. The fourth-order valence-electron chi connectivity index (χ4n) is 1.12. The third-order valence-electron chi connectivity index (χ3n) is 2.33. The first-order valence-electron chi connectivity index (χ1n) is 4.13. The Labute approximate surface area is 72.4 Å². The van der Waals surface area contributed by atoms with Gasteiger partial charge in [0.25, 0.3) is 6.48 Å². The smallest absolute Gasteiger partial charge is 0.271 e. The quantitative estimate of drug-likeness (QED) is 0.674. The molecule has 4 heteroatoms. The van der Waals surface area contributed by atoms with Gasteiger partial charge in [0.2, 0.25) is 0 Å². The van der Waals surface area contributed by atoms with E-state index in [1.54, 1.807) is 0 Å². The van der Waals surface area contributed by atoms with Crippen molar-refractivity contribution in [3.8, 4) is 0 Å². The summed E-state index contributed by atoms with van der Waals surface area (Å²) in [7, 11) is 1.53. The van der Waals surface area contributed by atoms with Crippen LogP contribution in [0.2, 0.25) is 0 Å². The van der Waals surface area contributed by atoms with E-state index in [9.17, 15) is 0 Å². The van der Waals surface area contributed by atoms with Gasteiger partial charge >= 0.3 is 0 Å². The van der Waals surface area contributed by atoms with Crippen LogP contribution in [-0.4, -0.2) is 38.5 Å². The molecule has 0 bridgehead atoms. The number of ether oxygens (including phenoxy) is 3. The molecule has 0 aliphatic carbocycles. The summed E-state index contributed by atoms with van der Waals surface area (Å²) < 4.78 is 15.3. The maximum atomic E-state index is 9.10. The molecule has 0 unspecified atom stereocenters. The van der Waals surface area contributed by atoms with Gasteiger partial charge in [-0.3, -0.25) is 0 Å². The zero-order chi connectivity index (χ0) is 9.03. The standard InChI is InChI=1S/C8H16O4/c1-3-8(4-9)5-11-7(10-2)12-6-8/h7,9H,3-6H2,1-2H3. The molecule has 0 amide bonds. The van der Waals surface area contributed by atoms with Gasteiger partial charge in [0.15, 0.2) is 0 Å². The van der Waals surface area contributed by atoms with Gasteiger partial charge in [-0.25, -0.2) is 0 Å². The summed E-state index contributed by atoms with van der Waals surface area (Å²) in [5, 5.41) is 9.10. The van der Waals surface area contributed by atoms with Crippen molar-refractivity contribution in [3.05, 3.63) is 0 Å². The van der Waals surface area contributed by atoms with Crippen molar-refractivity contribution < 1.29 is 19.3 Å². The van der Waals surface area contributed by atoms with Crippen LogP contribution in [0, 0.1) is 5.41 Å². The van der Waals surface area contributed by atoms with Crippen LogP contribution in [0.1, 0.15) is 13.3 Å². The Kier molecular flexibility index (Phi) is 3.46. The van der Waals surface area contributed by atoms with Gasteiger partial charge < -0.3 is 19.3 Å². The molecule has 1 heterocycles. The second kappa shape index (κ2) is 4.18. The van der Waals surface area contributed by atoms with Crippen LogP contribution in [-0.2, 0) is 14.2 Å². The predicted molar refractivity (Wildman–Crippen MR) is 42.5 cm³/mol. The van der Waals surface area contributed by atoms with Crippen LogP contribution < -0.4 is 0 Å². The second-order valence-corrected chi connectivity index (χ2v) is 3.16. The first-order valence-corrected chi connectivity index (χ1v) is 4.13. The molecule has 1 aliphatic rings. The summed E-state index contributed by atoms with van der Waals surface area (Å²) in [6.07, 6.45) is 0.847. The Balaban J connectivity index is 2.42. The van der Waals surface area contributed by atoms with Crippen LogP contribution >= 0.6 is 0 Å². The number of hydrogen-bond donors (Lipinski definition) is 1. The Morgan fingerprint density at radius 1 is 1.50 bits per heavy atom. The third-order valence-corrected chi connectivity index (χ3v) is 2.33. The fraction of sp³-hybridized carbons (Fsp3) is 1.00. The van der Waals surface area contributed by atoms with Crippen molar-refractivity contribution in [2.45, 2.75) is 19.8 Å². The summed E-state index contributed by atoms with van der Waals surface area (Å²) in [5.41, 5.74) is -0.227. The molecule has 1 aliphatic heterocycles. The average Bonchev–Trinajstić information content (AvgIpc) is 2.18. The summed E-state index contributed by atoms with van der Waals surface area (Å²) in [6, 6.07) is 0. The van der Waals surface area contributed by atoms with Crippen LogP contribution in [0.4, 0.5) is 0 Å². The third kappa shape index (κ3) is 1.95. The Morgan fingerprint density at radius 3 is 2.42 bits per heavy atom. The second-order valence-electron chi connectivity index (χ2n) is 3.16. The first kappa shape index (κ1) is 9.92. The lowest BCUT2D eigenvalue weighted by molar-refractivity contribution is -0.333. The van der Waals surface area contributed by atoms with Crippen molar-refractivity contribution >= 4 is 0 Å². The molecule has 0 atom stereocenters. The van der Waals surface area contributed by atoms with Gasteiger partial charge in [-0.05, 0) is 6.42 Å². The van der Waals surface area contributed by atoms with Crippen molar-refractivity contribution in [2.24, 2.45) is 5.41 Å². The molecule has 0 saturated carbocycles. The van der Waals surface area contributed by atoms with Crippen molar-refractivity contribution in [3.63, 3.8) is 0 Å². The summed E-state index contributed by atoms with van der Waals surface area (Å²) in [4.78, 5) is 0. The monoisotopic (exact) mass is 176 g/mol. The number of hydrogen-bond acceptors (Lipinski definition) is 4. The molecule has 0 aromatic rings. The zero-order valence-electron chi connectivity index (χ0n) is 7.58. The van der Waals surface area contributed by atoms with Crippen molar-refractivity contribution in [1.29, 1.82) is 0 Å². The fourth-order valence-corrected chi connectivity index (χ4v) is 1.12. The summed E-state index contributed by atoms with van der Waals surface area (Å²) >= 11 is 0. The lowest BCUT2D eigenvalue weighted by Crippen LogP contribution is -2.44. The lowest BCUT2D eigenvalue weighted by atomic mass is 9.88. The minimum atomic E-state index is -0.559. The van der Waals surface area contributed by atoms with Gasteiger partial charge in [0.05, 0.1) is 19.8 Å². The number of rotatable bonds is 3. The average molecular weight is 176 g/mol. The van der Waals surface area contributed by atoms with Gasteiger partial charge in [-0.15, -0.1) is 0 Å². The van der Waals surface area contributed by atoms with Crippen molar-refractivity contribution in [2.75, 3.05) is 26.9 Å². The molecule has 1 N–H and O–H groups in total. The van der Waals surface area contributed by atoms with Gasteiger partial charge in [0.1, 0.15) is 0 Å². The van der Waals surface area contributed by atoms with E-state index >= 15 is 0 Å². The maximum Gasteiger partial charge on any atom is 0.271 e. The summed E-state index contributed by atoms with van der Waals surface area (Å²) in [5.74, 6) is 0. The Morgan fingerprint density at radius 2 is 2.08 bits per heavy atom. The van der Waals surface area contributed by atoms with E-state index in [1.807, 2.05) is 6.92 Å². The highest BCUT2D eigenvalue weighted by Crippen LogP contribution is 2.27. The molecule has 1 fully saturated rings. The Bertz CT molecular complexity index is 123. The molecule has 1 rings (SSSR count). The molecule has 72 valence electrons. The normalized spacial score (nSPS) is 36.8. The van der Waals surface area contributed by atoms with E-state index in [1.165, 1.54) is 7.11 Å². The number of aliphatic hydroxyl groups is 1. The van der Waals surface area contributed by atoms with Gasteiger partial charge in [-0.2, -0.15) is 0 Å². The SMILES string of the molecule is CCC1(CO)COC(OC)OC1. The molecule has 0 aromatic carbocycles. The largest absolute Gasteiger partial charge is 0.396 e. The lowest BCUT2D eigenvalue weighted by Gasteiger charge is -2.37. The van der Waals surface area contributed by atoms with Gasteiger partial charge in [-0.1, -0.05) is 6.92 Å². The highest BCUT2D eigenvalue weighted by molar-refractivity contribution is 4.78. The minimum Gasteiger partial charge on any atom is -0.396 e. The van der Waals surface area contributed by atoms with Gasteiger partial charge in [0, 0.05) is 12.5 Å². The van der Waals surface area contributed by atoms with E-state index in [0.717, 1.165) is 6.42 Å². The number of methoxy groups -OCH3 is 1. The van der Waals surface area contributed by atoms with Crippen LogP contribution in [0.25, 0.3) is 0 Å². The molecule has 0 spiro atoms. The van der Waals surface area contributed by atoms with E-state index in [4.69, 9.17) is 19.3 Å². The van der Waals surface area contributed by atoms with E-state index < -0.39 is 6.48 Å². The Hall–Kier alpha value is -0.160. The predicted octanol–water partition coefficient (Wildman–Crippen LogP) is 0.352. The van der Waals surface area contributed by atoms with Crippen LogP contribution in [0.3, 0.4) is 0 Å². The molecular weight excluding hydrogens is 160 g/mol. The number of aliphatic hydroxyl groups excluding tert-OH is 1. The first-order chi connectivity index (χ1) is 5.76. The highest BCUT2D eigenvalue weighted by atomic mass is 16.8. The van der Waals surface area contributed by atoms with Crippen molar-refractivity contribution in [1.82, 2.24) is 0 Å². The topological polar surface area (TPSA) is 47.9 Å². The molecule has 4 nitrogen and oxygen atoms in total. The summed E-state index contributed by atoms with van der Waals surface area (Å²) in [6.45, 7) is 2.55. The molecule has 0 radical (unpaired) electrons. The zero-order valence-corrected chi connectivity index (χ0v) is 7.58. The molecule has 0 aromatic heterocycles. The van der Waals surface area contributed by atoms with E-state index in [2.05, 4.69) is 0 Å². The van der Waals surface area contributed by atoms with Crippen LogP contribution in [0.5, 0.6) is 0 Å². The minimum absolute atomic E-state index is 0.0972. The highest BCUT2D eigenvalue weighted by Gasteiger charge is 2.34.